The van der Waals surface area contributed by atoms with Crippen molar-refractivity contribution in [3.8, 4) is 0 Å². The van der Waals surface area contributed by atoms with Crippen LogP contribution < -0.4 is 0 Å². The number of ketones is 1. The molecule has 4 nitrogen and oxygen atoms in total. The number of Topliss-reactive ketones (excluding diaryl/α,β-unsaturated/α-hetero) is 1. The lowest BCUT2D eigenvalue weighted by molar-refractivity contribution is -0.121. The summed E-state index contributed by atoms with van der Waals surface area (Å²) in [5, 5.41) is 0. The highest BCUT2D eigenvalue weighted by molar-refractivity contribution is 7.90. The van der Waals surface area contributed by atoms with E-state index >= 15 is 0 Å². The van der Waals surface area contributed by atoms with Gasteiger partial charge in [0, 0.05) is 19.0 Å². The molecule has 0 unspecified atom stereocenters. The molecule has 1 fully saturated rings. The van der Waals surface area contributed by atoms with Gasteiger partial charge in [-0.05, 0) is 40.5 Å². The molecule has 16 heavy (non-hydrogen) atoms. The Morgan fingerprint density at radius 2 is 1.62 bits per heavy atom. The van der Waals surface area contributed by atoms with E-state index in [1.807, 2.05) is 0 Å². The van der Waals surface area contributed by atoms with Crippen LogP contribution in [0.15, 0.2) is 0 Å². The lowest BCUT2D eigenvalue weighted by Gasteiger charge is -2.34. The standard InChI is InChI=1S/C11H21NO3S/c1-9(13)10-5-7-12(8-6-10)16(14,15)11(2,3)4/h10H,5-8H2,1-4H3. The van der Waals surface area contributed by atoms with Crippen LogP contribution in [0.5, 0.6) is 0 Å². The molecule has 0 aromatic rings. The van der Waals surface area contributed by atoms with Gasteiger partial charge < -0.3 is 0 Å². The van der Waals surface area contributed by atoms with E-state index in [2.05, 4.69) is 0 Å². The number of hydrogen-bond donors (Lipinski definition) is 0. The Hall–Kier alpha value is -0.420. The smallest absolute Gasteiger partial charge is 0.219 e. The monoisotopic (exact) mass is 247 g/mol. The predicted octanol–water partition coefficient (Wildman–Crippen LogP) is 1.42. The second kappa shape index (κ2) is 4.45. The van der Waals surface area contributed by atoms with Crippen LogP contribution in [0.4, 0.5) is 0 Å². The van der Waals surface area contributed by atoms with E-state index < -0.39 is 14.8 Å². The van der Waals surface area contributed by atoms with Crippen LogP contribution in [0.1, 0.15) is 40.5 Å². The molecule has 0 atom stereocenters. The summed E-state index contributed by atoms with van der Waals surface area (Å²) in [5.74, 6) is 0.222. The SMILES string of the molecule is CC(=O)C1CCN(S(=O)(=O)C(C)(C)C)CC1. The number of nitrogens with zero attached hydrogens (tertiary/aromatic N) is 1. The summed E-state index contributed by atoms with van der Waals surface area (Å²) in [5.41, 5.74) is 0. The summed E-state index contributed by atoms with van der Waals surface area (Å²) in [4.78, 5) is 11.2. The van der Waals surface area contributed by atoms with Gasteiger partial charge >= 0.3 is 0 Å². The van der Waals surface area contributed by atoms with E-state index in [9.17, 15) is 13.2 Å². The van der Waals surface area contributed by atoms with Gasteiger partial charge in [0.1, 0.15) is 5.78 Å². The lowest BCUT2D eigenvalue weighted by atomic mass is 9.95. The van der Waals surface area contributed by atoms with Gasteiger partial charge in [0.25, 0.3) is 0 Å². The predicted molar refractivity (Wildman–Crippen MR) is 63.7 cm³/mol. The third kappa shape index (κ3) is 2.63. The first kappa shape index (κ1) is 13.6. The Labute approximate surface area is 98.1 Å². The van der Waals surface area contributed by atoms with Gasteiger partial charge in [-0.15, -0.1) is 0 Å². The minimum Gasteiger partial charge on any atom is -0.300 e. The number of carbonyl (C=O) groups is 1. The summed E-state index contributed by atoms with van der Waals surface area (Å²) in [7, 11) is -3.23. The quantitative estimate of drug-likeness (QED) is 0.741. The van der Waals surface area contributed by atoms with Gasteiger partial charge in [-0.3, -0.25) is 4.79 Å². The summed E-state index contributed by atoms with van der Waals surface area (Å²) in [6.45, 7) is 7.66. The zero-order valence-electron chi connectivity index (χ0n) is 10.5. The highest BCUT2D eigenvalue weighted by atomic mass is 32.2. The number of hydrogen-bond acceptors (Lipinski definition) is 3. The Bertz CT molecular complexity index is 359. The largest absolute Gasteiger partial charge is 0.300 e. The summed E-state index contributed by atoms with van der Waals surface area (Å²) in [6, 6.07) is 0. The molecule has 0 radical (unpaired) electrons. The zero-order valence-corrected chi connectivity index (χ0v) is 11.3. The third-order valence-corrected chi connectivity index (χ3v) is 5.74. The van der Waals surface area contributed by atoms with E-state index in [4.69, 9.17) is 0 Å². The van der Waals surface area contributed by atoms with E-state index in [1.54, 1.807) is 27.7 Å². The maximum atomic E-state index is 12.1. The fourth-order valence-corrected chi connectivity index (χ4v) is 3.36. The Kier molecular flexibility index (Phi) is 3.80. The minimum absolute atomic E-state index is 0.0476. The molecule has 0 aromatic heterocycles. The van der Waals surface area contributed by atoms with E-state index in [1.165, 1.54) is 4.31 Å². The molecule has 0 saturated carbocycles. The first-order valence-corrected chi connectivity index (χ1v) is 7.10. The Morgan fingerprint density at radius 3 is 1.94 bits per heavy atom. The molecular weight excluding hydrogens is 226 g/mol. The van der Waals surface area contributed by atoms with Gasteiger partial charge in [0.05, 0.1) is 4.75 Å². The topological polar surface area (TPSA) is 54.5 Å². The molecule has 1 aliphatic heterocycles. The molecule has 94 valence electrons. The van der Waals surface area contributed by atoms with Crippen molar-refractivity contribution >= 4 is 15.8 Å². The van der Waals surface area contributed by atoms with Crippen molar-refractivity contribution in [1.82, 2.24) is 4.31 Å². The normalized spacial score (nSPS) is 21.0. The van der Waals surface area contributed by atoms with Crippen molar-refractivity contribution < 1.29 is 13.2 Å². The van der Waals surface area contributed by atoms with Crippen molar-refractivity contribution in [2.75, 3.05) is 13.1 Å². The Balaban J connectivity index is 2.72. The molecule has 1 heterocycles. The summed E-state index contributed by atoms with van der Waals surface area (Å²) < 4.78 is 25.0. The molecular formula is C11H21NO3S. The second-order valence-corrected chi connectivity index (χ2v) is 8.09. The second-order valence-electron chi connectivity index (χ2n) is 5.40. The number of piperidine rings is 1. The van der Waals surface area contributed by atoms with Crippen molar-refractivity contribution in [3.63, 3.8) is 0 Å². The summed E-state index contributed by atoms with van der Waals surface area (Å²) in [6.07, 6.45) is 1.31. The summed E-state index contributed by atoms with van der Waals surface area (Å²) >= 11 is 0. The van der Waals surface area contributed by atoms with Crippen LogP contribution in [0, 0.1) is 5.92 Å². The average Bonchev–Trinajstić information content (AvgIpc) is 2.16. The van der Waals surface area contributed by atoms with Crippen molar-refractivity contribution in [1.29, 1.82) is 0 Å². The van der Waals surface area contributed by atoms with Gasteiger partial charge in [-0.1, -0.05) is 0 Å². The number of sulfonamides is 1. The Morgan fingerprint density at radius 1 is 1.19 bits per heavy atom. The van der Waals surface area contributed by atoms with Crippen LogP contribution in [-0.4, -0.2) is 36.3 Å². The van der Waals surface area contributed by atoms with E-state index in [-0.39, 0.29) is 11.7 Å². The lowest BCUT2D eigenvalue weighted by Crippen LogP contribution is -2.47. The van der Waals surface area contributed by atoms with Gasteiger partial charge in [-0.2, -0.15) is 0 Å². The fraction of sp³-hybridized carbons (Fsp3) is 0.909. The van der Waals surface area contributed by atoms with E-state index in [0.717, 1.165) is 0 Å². The number of carbonyl (C=O) groups excluding carboxylic acids is 1. The molecule has 0 aromatic carbocycles. The van der Waals surface area contributed by atoms with Crippen LogP contribution in [0.2, 0.25) is 0 Å². The molecule has 1 aliphatic rings. The van der Waals surface area contributed by atoms with Crippen LogP contribution in [-0.2, 0) is 14.8 Å². The maximum Gasteiger partial charge on any atom is 0.219 e. The van der Waals surface area contributed by atoms with E-state index in [0.29, 0.717) is 25.9 Å². The van der Waals surface area contributed by atoms with Crippen molar-refractivity contribution in [2.24, 2.45) is 5.92 Å². The van der Waals surface area contributed by atoms with Crippen molar-refractivity contribution in [2.45, 2.75) is 45.3 Å². The van der Waals surface area contributed by atoms with Crippen LogP contribution in [0.3, 0.4) is 0 Å². The van der Waals surface area contributed by atoms with Crippen molar-refractivity contribution in [3.05, 3.63) is 0 Å². The first-order chi connectivity index (χ1) is 7.16. The molecule has 0 amide bonds. The average molecular weight is 247 g/mol. The molecule has 0 aliphatic carbocycles. The highest BCUT2D eigenvalue weighted by Gasteiger charge is 2.37. The third-order valence-electron chi connectivity index (χ3n) is 3.14. The minimum atomic E-state index is -3.23. The van der Waals surface area contributed by atoms with Gasteiger partial charge in [0.15, 0.2) is 0 Å². The van der Waals surface area contributed by atoms with Crippen LogP contribution >= 0.6 is 0 Å². The zero-order chi connectivity index (χ0) is 12.6. The number of rotatable bonds is 2. The molecule has 0 spiro atoms. The molecule has 0 bridgehead atoms. The molecule has 1 rings (SSSR count). The molecule has 1 saturated heterocycles. The fourth-order valence-electron chi connectivity index (χ4n) is 1.89. The molecule has 0 N–H and O–H groups in total. The van der Waals surface area contributed by atoms with Crippen LogP contribution in [0.25, 0.3) is 0 Å². The highest BCUT2D eigenvalue weighted by Crippen LogP contribution is 2.26. The van der Waals surface area contributed by atoms with Gasteiger partial charge in [0.2, 0.25) is 10.0 Å². The van der Waals surface area contributed by atoms with Gasteiger partial charge in [-0.25, -0.2) is 12.7 Å². The first-order valence-electron chi connectivity index (χ1n) is 5.66. The maximum absolute atomic E-state index is 12.1. The molecule has 5 heteroatoms.